The summed E-state index contributed by atoms with van der Waals surface area (Å²) in [4.78, 5) is 28.6. The number of nitrogens with zero attached hydrogens (tertiary/aromatic N) is 1. The highest BCUT2D eigenvalue weighted by molar-refractivity contribution is 5.94. The summed E-state index contributed by atoms with van der Waals surface area (Å²) in [6, 6.07) is 11.0. The van der Waals surface area contributed by atoms with Crippen LogP contribution in [-0.4, -0.2) is 35.5 Å². The molecular weight excluding hydrogens is 304 g/mol. The lowest BCUT2D eigenvalue weighted by molar-refractivity contribution is 0.0712. The number of rotatable bonds is 4. The third-order valence-corrected chi connectivity index (χ3v) is 4.44. The lowest BCUT2D eigenvalue weighted by Crippen LogP contribution is -2.38. The smallest absolute Gasteiger partial charge is 0.253 e. The molecule has 1 N–H and O–H groups in total. The average Bonchev–Trinajstić information content (AvgIpc) is 2.62. The topological polar surface area (TPSA) is 62.4 Å². The van der Waals surface area contributed by atoms with Crippen LogP contribution >= 0.6 is 0 Å². The van der Waals surface area contributed by atoms with Gasteiger partial charge in [-0.1, -0.05) is 6.07 Å². The number of aromatic amines is 1. The summed E-state index contributed by atoms with van der Waals surface area (Å²) in [7, 11) is 0. The number of benzene rings is 1. The number of ether oxygens (including phenoxy) is 1. The first kappa shape index (κ1) is 16.3. The van der Waals surface area contributed by atoms with Gasteiger partial charge in [0.05, 0.1) is 6.61 Å². The first-order valence-corrected chi connectivity index (χ1v) is 8.38. The molecule has 1 aliphatic rings. The summed E-state index contributed by atoms with van der Waals surface area (Å²) >= 11 is 0. The predicted octanol–water partition coefficient (Wildman–Crippen LogP) is 2.79. The maximum absolute atomic E-state index is 12.7. The van der Waals surface area contributed by atoms with Crippen molar-refractivity contribution in [1.82, 2.24) is 9.88 Å². The number of piperidine rings is 1. The first-order valence-electron chi connectivity index (χ1n) is 8.38. The minimum Gasteiger partial charge on any atom is -0.494 e. The number of carbonyl (C=O) groups is 1. The first-order chi connectivity index (χ1) is 11.7. The molecule has 5 heteroatoms. The van der Waals surface area contributed by atoms with Gasteiger partial charge in [0, 0.05) is 30.9 Å². The third kappa shape index (κ3) is 3.67. The van der Waals surface area contributed by atoms with Gasteiger partial charge in [0.1, 0.15) is 5.75 Å². The van der Waals surface area contributed by atoms with Crippen LogP contribution in [0, 0.1) is 0 Å². The van der Waals surface area contributed by atoms with Crippen molar-refractivity contribution >= 4 is 5.91 Å². The Labute approximate surface area is 141 Å². The van der Waals surface area contributed by atoms with E-state index in [1.54, 1.807) is 18.3 Å². The summed E-state index contributed by atoms with van der Waals surface area (Å²) in [5.74, 6) is 1.11. The monoisotopic (exact) mass is 326 g/mol. The van der Waals surface area contributed by atoms with Gasteiger partial charge in [-0.25, -0.2) is 0 Å². The summed E-state index contributed by atoms with van der Waals surface area (Å²) in [5.41, 5.74) is 1.65. The molecule has 0 unspecified atom stereocenters. The quantitative estimate of drug-likeness (QED) is 0.940. The van der Waals surface area contributed by atoms with Crippen LogP contribution in [0.25, 0.3) is 0 Å². The Kier molecular flexibility index (Phi) is 4.99. The fraction of sp³-hybridized carbons (Fsp3) is 0.368. The molecule has 1 aliphatic heterocycles. The van der Waals surface area contributed by atoms with Crippen molar-refractivity contribution in [3.63, 3.8) is 0 Å². The second-order valence-corrected chi connectivity index (χ2v) is 6.01. The highest BCUT2D eigenvalue weighted by Gasteiger charge is 2.24. The molecular formula is C19H22N2O3. The van der Waals surface area contributed by atoms with Crippen LogP contribution in [0.5, 0.6) is 5.75 Å². The molecule has 1 saturated heterocycles. The lowest BCUT2D eigenvalue weighted by atomic mass is 9.90. The Bertz CT molecular complexity index is 761. The number of nitrogens with one attached hydrogen (secondary N) is 1. The summed E-state index contributed by atoms with van der Waals surface area (Å²) in [5, 5.41) is 0. The van der Waals surface area contributed by atoms with E-state index in [0.717, 1.165) is 24.2 Å². The predicted molar refractivity (Wildman–Crippen MR) is 92.6 cm³/mol. The number of carbonyl (C=O) groups excluding carboxylic acids is 1. The van der Waals surface area contributed by atoms with Gasteiger partial charge in [-0.3, -0.25) is 9.59 Å². The molecule has 0 radical (unpaired) electrons. The van der Waals surface area contributed by atoms with Gasteiger partial charge in [-0.15, -0.1) is 0 Å². The van der Waals surface area contributed by atoms with Crippen LogP contribution in [0.1, 0.15) is 41.6 Å². The maximum atomic E-state index is 12.7. The number of pyridine rings is 1. The number of likely N-dealkylation sites (tertiary alicyclic amines) is 1. The van der Waals surface area contributed by atoms with Gasteiger partial charge < -0.3 is 14.6 Å². The number of hydrogen-bond acceptors (Lipinski definition) is 3. The fourth-order valence-electron chi connectivity index (χ4n) is 3.20. The van der Waals surface area contributed by atoms with E-state index in [1.807, 2.05) is 36.1 Å². The SMILES string of the molecule is CCOc1cccc(C(=O)N2CCC(c3cc[nH]c(=O)c3)CC2)c1. The van der Waals surface area contributed by atoms with Crippen molar-refractivity contribution in [1.29, 1.82) is 0 Å². The second-order valence-electron chi connectivity index (χ2n) is 6.01. The van der Waals surface area contributed by atoms with E-state index in [2.05, 4.69) is 4.98 Å². The zero-order valence-electron chi connectivity index (χ0n) is 13.8. The Morgan fingerprint density at radius 3 is 2.75 bits per heavy atom. The lowest BCUT2D eigenvalue weighted by Gasteiger charge is -2.32. The van der Waals surface area contributed by atoms with Crippen molar-refractivity contribution in [2.75, 3.05) is 19.7 Å². The van der Waals surface area contributed by atoms with Crippen molar-refractivity contribution in [2.45, 2.75) is 25.7 Å². The molecule has 1 fully saturated rings. The van der Waals surface area contributed by atoms with Crippen molar-refractivity contribution < 1.29 is 9.53 Å². The van der Waals surface area contributed by atoms with E-state index in [0.29, 0.717) is 31.2 Å². The highest BCUT2D eigenvalue weighted by Crippen LogP contribution is 2.28. The zero-order valence-corrected chi connectivity index (χ0v) is 13.8. The number of hydrogen-bond donors (Lipinski definition) is 1. The highest BCUT2D eigenvalue weighted by atomic mass is 16.5. The minimum absolute atomic E-state index is 0.0425. The van der Waals surface area contributed by atoms with Crippen LogP contribution in [0.4, 0.5) is 0 Å². The number of amides is 1. The Morgan fingerprint density at radius 2 is 2.04 bits per heavy atom. The molecule has 0 aliphatic carbocycles. The normalized spacial score (nSPS) is 15.3. The molecule has 24 heavy (non-hydrogen) atoms. The fourth-order valence-corrected chi connectivity index (χ4v) is 3.20. The summed E-state index contributed by atoms with van der Waals surface area (Å²) < 4.78 is 5.47. The zero-order chi connectivity index (χ0) is 16.9. The molecule has 2 heterocycles. The van der Waals surface area contributed by atoms with E-state index < -0.39 is 0 Å². The number of H-pyrrole nitrogens is 1. The molecule has 1 aromatic heterocycles. The van der Waals surface area contributed by atoms with Gasteiger partial charge in [0.2, 0.25) is 5.56 Å². The average molecular weight is 326 g/mol. The molecule has 126 valence electrons. The van der Waals surface area contributed by atoms with Crippen molar-refractivity contribution in [3.8, 4) is 5.75 Å². The van der Waals surface area contributed by atoms with Gasteiger partial charge in [0.25, 0.3) is 5.91 Å². The second kappa shape index (κ2) is 7.34. The maximum Gasteiger partial charge on any atom is 0.253 e. The Balaban J connectivity index is 1.65. The Hall–Kier alpha value is -2.56. The molecule has 1 amide bonds. The standard InChI is InChI=1S/C19H22N2O3/c1-2-24-17-5-3-4-16(12-17)19(23)21-10-7-14(8-11-21)15-6-9-20-18(22)13-15/h3-6,9,12-14H,2,7-8,10-11H2,1H3,(H,20,22). The Morgan fingerprint density at radius 1 is 1.25 bits per heavy atom. The summed E-state index contributed by atoms with van der Waals surface area (Å²) in [6.45, 7) is 3.91. The van der Waals surface area contributed by atoms with Crippen molar-refractivity contribution in [3.05, 3.63) is 64.1 Å². The van der Waals surface area contributed by atoms with Crippen LogP contribution in [-0.2, 0) is 0 Å². The van der Waals surface area contributed by atoms with E-state index in [1.165, 1.54) is 0 Å². The molecule has 2 aromatic rings. The number of aromatic nitrogens is 1. The largest absolute Gasteiger partial charge is 0.494 e. The van der Waals surface area contributed by atoms with E-state index in [9.17, 15) is 9.59 Å². The third-order valence-electron chi connectivity index (χ3n) is 4.44. The molecule has 0 bridgehead atoms. The van der Waals surface area contributed by atoms with Gasteiger partial charge in [-0.2, -0.15) is 0 Å². The molecule has 0 atom stereocenters. The van der Waals surface area contributed by atoms with E-state index >= 15 is 0 Å². The van der Waals surface area contributed by atoms with Crippen LogP contribution in [0.3, 0.4) is 0 Å². The summed E-state index contributed by atoms with van der Waals surface area (Å²) in [6.07, 6.45) is 3.44. The molecule has 5 nitrogen and oxygen atoms in total. The van der Waals surface area contributed by atoms with Crippen LogP contribution < -0.4 is 10.3 Å². The van der Waals surface area contributed by atoms with E-state index in [-0.39, 0.29) is 11.5 Å². The molecule has 0 saturated carbocycles. The van der Waals surface area contributed by atoms with Gasteiger partial charge in [-0.05, 0) is 55.5 Å². The minimum atomic E-state index is -0.0706. The molecule has 0 spiro atoms. The van der Waals surface area contributed by atoms with Crippen LogP contribution in [0.15, 0.2) is 47.4 Å². The van der Waals surface area contributed by atoms with Gasteiger partial charge in [0.15, 0.2) is 0 Å². The van der Waals surface area contributed by atoms with Crippen molar-refractivity contribution in [2.24, 2.45) is 0 Å². The van der Waals surface area contributed by atoms with Gasteiger partial charge >= 0.3 is 0 Å². The van der Waals surface area contributed by atoms with Crippen LogP contribution in [0.2, 0.25) is 0 Å². The molecule has 3 rings (SSSR count). The molecule has 1 aromatic carbocycles. The van der Waals surface area contributed by atoms with E-state index in [4.69, 9.17) is 4.74 Å².